The number of anilines is 3. The molecule has 0 spiro atoms. The smallest absolute Gasteiger partial charge is 0.353 e. The summed E-state index contributed by atoms with van der Waals surface area (Å²) in [7, 11) is 2.93. The first-order valence-corrected chi connectivity index (χ1v) is 8.70. The lowest BCUT2D eigenvalue weighted by Crippen LogP contribution is -2.31. The third-order valence-electron chi connectivity index (χ3n) is 4.61. The molecule has 1 fully saturated rings. The van der Waals surface area contributed by atoms with Crippen LogP contribution in [0.3, 0.4) is 0 Å². The maximum atomic E-state index is 12.1. The molecule has 1 aromatic heterocycles. The summed E-state index contributed by atoms with van der Waals surface area (Å²) in [5.74, 6) is -0.0792. The molecular formula is C18H21N5O4. The topological polar surface area (TPSA) is 102 Å². The average molecular weight is 371 g/mol. The standard InChI is InChI=1S/C18H21N5O4/c1-21(14-9-5-4-8-13(14)18(24)27-2)16-15(23(25)26)17(20-12-19-16)22-10-6-3-7-11-22/h4-5,8-9,12H,3,6-7,10-11H2,1-2H3. The normalized spacial score (nSPS) is 13.9. The van der Waals surface area contributed by atoms with Crippen molar-refractivity contribution in [3.63, 3.8) is 0 Å². The average Bonchev–Trinajstić information content (AvgIpc) is 2.72. The minimum atomic E-state index is -0.523. The van der Waals surface area contributed by atoms with Crippen molar-refractivity contribution < 1.29 is 14.5 Å². The molecule has 0 aliphatic carbocycles. The molecule has 1 aromatic carbocycles. The molecule has 142 valence electrons. The van der Waals surface area contributed by atoms with Crippen LogP contribution in [-0.4, -0.2) is 48.1 Å². The number of nitrogens with zero attached hydrogens (tertiary/aromatic N) is 5. The van der Waals surface area contributed by atoms with E-state index in [0.29, 0.717) is 17.1 Å². The number of nitro groups is 1. The third kappa shape index (κ3) is 3.67. The van der Waals surface area contributed by atoms with Crippen LogP contribution in [0.1, 0.15) is 29.6 Å². The van der Waals surface area contributed by atoms with Crippen molar-refractivity contribution >= 4 is 29.0 Å². The largest absolute Gasteiger partial charge is 0.465 e. The van der Waals surface area contributed by atoms with E-state index in [2.05, 4.69) is 9.97 Å². The fourth-order valence-corrected chi connectivity index (χ4v) is 3.27. The summed E-state index contributed by atoms with van der Waals surface area (Å²) in [5, 5.41) is 11.9. The fraction of sp³-hybridized carbons (Fsp3) is 0.389. The van der Waals surface area contributed by atoms with E-state index in [-0.39, 0.29) is 11.5 Å². The number of piperidine rings is 1. The van der Waals surface area contributed by atoms with E-state index < -0.39 is 10.9 Å². The summed E-state index contributed by atoms with van der Waals surface area (Å²) in [6.45, 7) is 1.44. The van der Waals surface area contributed by atoms with E-state index in [1.807, 2.05) is 4.90 Å². The van der Waals surface area contributed by atoms with Crippen molar-refractivity contribution in [3.05, 3.63) is 46.3 Å². The molecule has 0 N–H and O–H groups in total. The number of esters is 1. The first kappa shape index (κ1) is 18.6. The number of rotatable bonds is 5. The number of hydrogen-bond donors (Lipinski definition) is 0. The molecule has 0 bridgehead atoms. The van der Waals surface area contributed by atoms with Crippen molar-refractivity contribution in [1.82, 2.24) is 9.97 Å². The van der Waals surface area contributed by atoms with Crippen molar-refractivity contribution in [3.8, 4) is 0 Å². The Morgan fingerprint density at radius 2 is 1.93 bits per heavy atom. The summed E-state index contributed by atoms with van der Waals surface area (Å²) in [6.07, 6.45) is 4.37. The highest BCUT2D eigenvalue weighted by Gasteiger charge is 2.31. The van der Waals surface area contributed by atoms with Gasteiger partial charge in [0.05, 0.1) is 23.3 Å². The lowest BCUT2D eigenvalue weighted by Gasteiger charge is -2.28. The monoisotopic (exact) mass is 371 g/mol. The van der Waals surface area contributed by atoms with Crippen LogP contribution in [0.5, 0.6) is 0 Å². The first-order chi connectivity index (χ1) is 13.0. The Bertz CT molecular complexity index is 851. The third-order valence-corrected chi connectivity index (χ3v) is 4.61. The number of methoxy groups -OCH3 is 1. The van der Waals surface area contributed by atoms with Crippen LogP contribution in [0.2, 0.25) is 0 Å². The summed E-state index contributed by atoms with van der Waals surface area (Å²) >= 11 is 0. The Balaban J connectivity index is 2.09. The lowest BCUT2D eigenvalue weighted by atomic mass is 10.1. The van der Waals surface area contributed by atoms with E-state index in [4.69, 9.17) is 4.74 Å². The minimum absolute atomic E-state index is 0.131. The van der Waals surface area contributed by atoms with Gasteiger partial charge in [-0.1, -0.05) is 12.1 Å². The van der Waals surface area contributed by atoms with Gasteiger partial charge in [-0.25, -0.2) is 14.8 Å². The van der Waals surface area contributed by atoms with Gasteiger partial charge in [-0.05, 0) is 31.4 Å². The van der Waals surface area contributed by atoms with Crippen molar-refractivity contribution in [2.45, 2.75) is 19.3 Å². The summed E-state index contributed by atoms with van der Waals surface area (Å²) < 4.78 is 4.82. The number of aromatic nitrogens is 2. The predicted octanol–water partition coefficient (Wildman–Crippen LogP) is 2.93. The van der Waals surface area contributed by atoms with Gasteiger partial charge in [0, 0.05) is 20.1 Å². The Kier molecular flexibility index (Phi) is 5.49. The Morgan fingerprint density at radius 1 is 1.22 bits per heavy atom. The highest BCUT2D eigenvalue weighted by atomic mass is 16.6. The second-order valence-electron chi connectivity index (χ2n) is 6.24. The summed E-state index contributed by atoms with van der Waals surface area (Å²) in [4.78, 5) is 35.3. The number of para-hydroxylation sites is 1. The van der Waals surface area contributed by atoms with Crippen molar-refractivity contribution in [2.75, 3.05) is 37.0 Å². The van der Waals surface area contributed by atoms with Crippen LogP contribution in [0.4, 0.5) is 23.0 Å². The quantitative estimate of drug-likeness (QED) is 0.449. The van der Waals surface area contributed by atoms with E-state index >= 15 is 0 Å². The van der Waals surface area contributed by atoms with E-state index in [1.165, 1.54) is 18.3 Å². The van der Waals surface area contributed by atoms with Gasteiger partial charge in [-0.2, -0.15) is 0 Å². The zero-order chi connectivity index (χ0) is 19.4. The Labute approximate surface area is 156 Å². The number of hydrogen-bond acceptors (Lipinski definition) is 8. The number of carbonyl (C=O) groups excluding carboxylic acids is 1. The highest BCUT2D eigenvalue weighted by molar-refractivity contribution is 5.97. The zero-order valence-corrected chi connectivity index (χ0v) is 15.3. The number of benzene rings is 1. The predicted molar refractivity (Wildman–Crippen MR) is 101 cm³/mol. The van der Waals surface area contributed by atoms with Crippen molar-refractivity contribution in [2.24, 2.45) is 0 Å². The van der Waals surface area contributed by atoms with Gasteiger partial charge in [-0.15, -0.1) is 0 Å². The molecule has 3 rings (SSSR count). The molecule has 1 aliphatic heterocycles. The highest BCUT2D eigenvalue weighted by Crippen LogP contribution is 2.38. The van der Waals surface area contributed by atoms with Crippen LogP contribution >= 0.6 is 0 Å². The fourth-order valence-electron chi connectivity index (χ4n) is 3.27. The molecule has 27 heavy (non-hydrogen) atoms. The van der Waals surface area contributed by atoms with Crippen LogP contribution in [0.15, 0.2) is 30.6 Å². The number of ether oxygens (including phenoxy) is 1. The zero-order valence-electron chi connectivity index (χ0n) is 15.3. The molecular weight excluding hydrogens is 350 g/mol. The SMILES string of the molecule is COC(=O)c1ccccc1N(C)c1ncnc(N2CCCCC2)c1[N+](=O)[O-]. The summed E-state index contributed by atoms with van der Waals surface area (Å²) in [5.41, 5.74) is 0.604. The molecule has 2 heterocycles. The van der Waals surface area contributed by atoms with Crippen LogP contribution in [0, 0.1) is 10.1 Å². The number of carbonyl (C=O) groups is 1. The molecule has 0 amide bonds. The maximum absolute atomic E-state index is 12.1. The van der Waals surface area contributed by atoms with Gasteiger partial charge in [0.1, 0.15) is 6.33 Å². The van der Waals surface area contributed by atoms with E-state index in [0.717, 1.165) is 32.4 Å². The van der Waals surface area contributed by atoms with Gasteiger partial charge in [0.15, 0.2) is 0 Å². The molecule has 0 atom stereocenters. The molecule has 9 nitrogen and oxygen atoms in total. The van der Waals surface area contributed by atoms with Gasteiger partial charge in [0.2, 0.25) is 11.6 Å². The second-order valence-corrected chi connectivity index (χ2v) is 6.24. The van der Waals surface area contributed by atoms with Gasteiger partial charge < -0.3 is 14.5 Å². The van der Waals surface area contributed by atoms with Crippen LogP contribution in [-0.2, 0) is 4.74 Å². The minimum Gasteiger partial charge on any atom is -0.465 e. The first-order valence-electron chi connectivity index (χ1n) is 8.70. The van der Waals surface area contributed by atoms with Crippen LogP contribution < -0.4 is 9.80 Å². The molecule has 0 unspecified atom stereocenters. The molecule has 2 aromatic rings. The summed E-state index contributed by atoms with van der Waals surface area (Å²) in [6, 6.07) is 6.75. The maximum Gasteiger partial charge on any atom is 0.353 e. The van der Waals surface area contributed by atoms with Crippen LogP contribution in [0.25, 0.3) is 0 Å². The molecule has 1 aliphatic rings. The van der Waals surface area contributed by atoms with Crippen molar-refractivity contribution in [1.29, 1.82) is 0 Å². The molecule has 9 heteroatoms. The lowest BCUT2D eigenvalue weighted by molar-refractivity contribution is -0.383. The molecule has 0 radical (unpaired) electrons. The van der Waals surface area contributed by atoms with Gasteiger partial charge in [-0.3, -0.25) is 10.1 Å². The van der Waals surface area contributed by atoms with Gasteiger partial charge >= 0.3 is 11.7 Å². The second kappa shape index (κ2) is 7.98. The van der Waals surface area contributed by atoms with E-state index in [9.17, 15) is 14.9 Å². The Hall–Kier alpha value is -3.23. The Morgan fingerprint density at radius 3 is 2.59 bits per heavy atom. The van der Waals surface area contributed by atoms with E-state index in [1.54, 1.807) is 31.3 Å². The molecule has 1 saturated heterocycles. The molecule has 0 saturated carbocycles. The van der Waals surface area contributed by atoms with Gasteiger partial charge in [0.25, 0.3) is 0 Å².